The lowest BCUT2D eigenvalue weighted by atomic mass is 10.1. The van der Waals surface area contributed by atoms with Gasteiger partial charge in [0.2, 0.25) is 11.8 Å². The van der Waals surface area contributed by atoms with Gasteiger partial charge < -0.3 is 16.4 Å². The number of thiophene rings is 1. The van der Waals surface area contributed by atoms with Gasteiger partial charge >= 0.3 is 0 Å². The minimum Gasteiger partial charge on any atom is -0.368 e. The van der Waals surface area contributed by atoms with Gasteiger partial charge in [-0.05, 0) is 30.5 Å². The predicted molar refractivity (Wildman–Crippen MR) is 91.5 cm³/mol. The zero-order valence-electron chi connectivity index (χ0n) is 12.8. The number of nitrogens with two attached hydrogens (primary N) is 1. The van der Waals surface area contributed by atoms with Crippen LogP contribution in [0, 0.1) is 5.92 Å². The Labute approximate surface area is 143 Å². The number of anilines is 1. The molecule has 6 nitrogen and oxygen atoms in total. The molecule has 0 aliphatic heterocycles. The van der Waals surface area contributed by atoms with Crippen molar-refractivity contribution in [2.24, 2.45) is 11.7 Å². The Morgan fingerprint density at radius 2 is 1.79 bits per heavy atom. The van der Waals surface area contributed by atoms with Crippen molar-refractivity contribution >= 4 is 34.1 Å². The van der Waals surface area contributed by atoms with Gasteiger partial charge in [-0.1, -0.05) is 30.3 Å². The van der Waals surface area contributed by atoms with Gasteiger partial charge in [-0.15, -0.1) is 11.3 Å². The maximum Gasteiger partial charge on any atom is 0.262 e. The highest BCUT2D eigenvalue weighted by molar-refractivity contribution is 7.18. The molecule has 0 radical (unpaired) electrons. The van der Waals surface area contributed by atoms with Gasteiger partial charge in [0.15, 0.2) is 0 Å². The molecule has 1 atom stereocenters. The number of hydrogen-bond acceptors (Lipinski definition) is 4. The molecule has 0 unspecified atom stereocenters. The van der Waals surface area contributed by atoms with E-state index >= 15 is 0 Å². The molecule has 3 rings (SSSR count). The minimum atomic E-state index is -0.898. The van der Waals surface area contributed by atoms with E-state index in [0.717, 1.165) is 12.8 Å². The summed E-state index contributed by atoms with van der Waals surface area (Å²) in [7, 11) is 0. The first-order valence-electron chi connectivity index (χ1n) is 7.60. The van der Waals surface area contributed by atoms with Crippen molar-refractivity contribution in [3.8, 4) is 0 Å². The first-order chi connectivity index (χ1) is 11.5. The monoisotopic (exact) mass is 343 g/mol. The fourth-order valence-electron chi connectivity index (χ4n) is 2.26. The normalized spacial score (nSPS) is 14.7. The van der Waals surface area contributed by atoms with E-state index in [1.165, 1.54) is 11.3 Å². The Bertz CT molecular complexity index is 768. The zero-order valence-corrected chi connectivity index (χ0v) is 13.6. The Morgan fingerprint density at radius 3 is 2.42 bits per heavy atom. The second-order valence-corrected chi connectivity index (χ2v) is 6.73. The number of primary amides is 1. The molecule has 0 bridgehead atoms. The third-order valence-corrected chi connectivity index (χ3v) is 4.72. The maximum atomic E-state index is 12.4. The van der Waals surface area contributed by atoms with E-state index in [-0.39, 0.29) is 11.8 Å². The third-order valence-electron chi connectivity index (χ3n) is 3.72. The van der Waals surface area contributed by atoms with Crippen molar-refractivity contribution in [3.63, 3.8) is 0 Å². The SMILES string of the molecule is NC(=O)[C@@H](NC(=O)c1ccc(NC(=O)C2CC2)s1)c1ccccc1. The molecule has 1 aliphatic rings. The second kappa shape index (κ2) is 6.84. The van der Waals surface area contributed by atoms with Crippen LogP contribution >= 0.6 is 11.3 Å². The summed E-state index contributed by atoms with van der Waals surface area (Å²) in [5, 5.41) is 6.05. The van der Waals surface area contributed by atoms with E-state index in [4.69, 9.17) is 5.73 Å². The number of hydrogen-bond donors (Lipinski definition) is 3. The molecule has 1 aliphatic carbocycles. The van der Waals surface area contributed by atoms with Crippen molar-refractivity contribution in [1.29, 1.82) is 0 Å². The van der Waals surface area contributed by atoms with Crippen LogP contribution in [-0.2, 0) is 9.59 Å². The Balaban J connectivity index is 1.68. The van der Waals surface area contributed by atoms with Crippen LogP contribution < -0.4 is 16.4 Å². The summed E-state index contributed by atoms with van der Waals surface area (Å²) in [5.74, 6) is -0.947. The van der Waals surface area contributed by atoms with Crippen LogP contribution in [-0.4, -0.2) is 17.7 Å². The number of carbonyl (C=O) groups excluding carboxylic acids is 3. The lowest BCUT2D eigenvalue weighted by molar-refractivity contribution is -0.120. The summed E-state index contributed by atoms with van der Waals surface area (Å²) in [6, 6.07) is 11.2. The van der Waals surface area contributed by atoms with Crippen molar-refractivity contribution in [2.75, 3.05) is 5.32 Å². The van der Waals surface area contributed by atoms with E-state index in [9.17, 15) is 14.4 Å². The summed E-state index contributed by atoms with van der Waals surface area (Å²) < 4.78 is 0. The first kappa shape index (κ1) is 16.2. The summed E-state index contributed by atoms with van der Waals surface area (Å²) in [6.07, 6.45) is 1.84. The van der Waals surface area contributed by atoms with Gasteiger partial charge in [0.25, 0.3) is 5.91 Å². The molecule has 0 saturated heterocycles. The molecule has 1 aromatic carbocycles. The summed E-state index contributed by atoms with van der Waals surface area (Å²) >= 11 is 1.17. The first-order valence-corrected chi connectivity index (χ1v) is 8.42. The molecule has 7 heteroatoms. The van der Waals surface area contributed by atoms with Gasteiger partial charge in [0.05, 0.1) is 9.88 Å². The summed E-state index contributed by atoms with van der Waals surface area (Å²) in [5.41, 5.74) is 6.02. The molecular formula is C17H17N3O3S. The van der Waals surface area contributed by atoms with E-state index in [1.807, 2.05) is 6.07 Å². The number of rotatable bonds is 6. The molecule has 1 aromatic heterocycles. The minimum absolute atomic E-state index is 0.0110. The van der Waals surface area contributed by atoms with Crippen molar-refractivity contribution in [1.82, 2.24) is 5.32 Å². The molecule has 124 valence electrons. The molecule has 0 spiro atoms. The highest BCUT2D eigenvalue weighted by atomic mass is 32.1. The highest BCUT2D eigenvalue weighted by Crippen LogP contribution is 2.31. The molecule has 3 amide bonds. The Hall–Kier alpha value is -2.67. The largest absolute Gasteiger partial charge is 0.368 e. The molecule has 2 aromatic rings. The molecule has 4 N–H and O–H groups in total. The van der Waals surface area contributed by atoms with Gasteiger partial charge in [0.1, 0.15) is 6.04 Å². The summed E-state index contributed by atoms with van der Waals surface area (Å²) in [6.45, 7) is 0. The van der Waals surface area contributed by atoms with Gasteiger partial charge in [-0.3, -0.25) is 14.4 Å². The number of nitrogens with one attached hydrogen (secondary N) is 2. The van der Waals surface area contributed by atoms with Crippen LogP contribution in [0.15, 0.2) is 42.5 Å². The van der Waals surface area contributed by atoms with Crippen molar-refractivity contribution < 1.29 is 14.4 Å². The summed E-state index contributed by atoms with van der Waals surface area (Å²) in [4.78, 5) is 36.2. The number of carbonyl (C=O) groups is 3. The Morgan fingerprint density at radius 1 is 1.08 bits per heavy atom. The molecule has 24 heavy (non-hydrogen) atoms. The lowest BCUT2D eigenvalue weighted by Crippen LogP contribution is -2.37. The third kappa shape index (κ3) is 3.80. The Kier molecular flexibility index (Phi) is 4.61. The second-order valence-electron chi connectivity index (χ2n) is 5.65. The standard InChI is InChI=1S/C17H17N3O3S/c18-15(21)14(10-4-2-1-3-5-10)20-17(23)12-8-9-13(24-12)19-16(22)11-6-7-11/h1-5,8-9,11,14H,6-7H2,(H2,18,21)(H,19,22)(H,20,23)/t14-/m0/s1. The quantitative estimate of drug-likeness (QED) is 0.748. The fourth-order valence-corrected chi connectivity index (χ4v) is 3.07. The van der Waals surface area contributed by atoms with Crippen molar-refractivity contribution in [3.05, 3.63) is 52.9 Å². The topological polar surface area (TPSA) is 101 Å². The van der Waals surface area contributed by atoms with Gasteiger partial charge in [0, 0.05) is 5.92 Å². The maximum absolute atomic E-state index is 12.4. The van der Waals surface area contributed by atoms with Crippen LogP contribution in [0.3, 0.4) is 0 Å². The smallest absolute Gasteiger partial charge is 0.262 e. The average Bonchev–Trinajstić information content (AvgIpc) is 3.33. The predicted octanol–water partition coefficient (Wildman–Crippen LogP) is 2.05. The van der Waals surface area contributed by atoms with E-state index in [1.54, 1.807) is 36.4 Å². The van der Waals surface area contributed by atoms with E-state index in [2.05, 4.69) is 10.6 Å². The van der Waals surface area contributed by atoms with Crippen LogP contribution in [0.25, 0.3) is 0 Å². The van der Waals surface area contributed by atoms with Crippen molar-refractivity contribution in [2.45, 2.75) is 18.9 Å². The highest BCUT2D eigenvalue weighted by Gasteiger charge is 2.30. The number of amides is 3. The lowest BCUT2D eigenvalue weighted by Gasteiger charge is -2.15. The molecule has 1 saturated carbocycles. The fraction of sp³-hybridized carbons (Fsp3) is 0.235. The molecule has 1 fully saturated rings. The number of benzene rings is 1. The van der Waals surface area contributed by atoms with Gasteiger partial charge in [-0.2, -0.15) is 0 Å². The zero-order chi connectivity index (χ0) is 17.1. The van der Waals surface area contributed by atoms with Crippen LogP contribution in [0.4, 0.5) is 5.00 Å². The van der Waals surface area contributed by atoms with Crippen LogP contribution in [0.1, 0.15) is 34.1 Å². The van der Waals surface area contributed by atoms with Gasteiger partial charge in [-0.25, -0.2) is 0 Å². The molecular weight excluding hydrogens is 326 g/mol. The van der Waals surface area contributed by atoms with Crippen LogP contribution in [0.5, 0.6) is 0 Å². The van der Waals surface area contributed by atoms with Crippen LogP contribution in [0.2, 0.25) is 0 Å². The molecule has 1 heterocycles. The average molecular weight is 343 g/mol. The van der Waals surface area contributed by atoms with E-state index in [0.29, 0.717) is 15.4 Å². The van der Waals surface area contributed by atoms with E-state index < -0.39 is 17.9 Å².